The number of nitro groups is 1. The van der Waals surface area contributed by atoms with E-state index in [4.69, 9.17) is 4.74 Å². The number of halogens is 1. The van der Waals surface area contributed by atoms with Crippen LogP contribution in [-0.4, -0.2) is 11.0 Å². The first kappa shape index (κ1) is 16.0. The van der Waals surface area contributed by atoms with Crippen molar-refractivity contribution in [3.05, 3.63) is 75.8 Å². The number of nitrogens with zero attached hydrogens (tertiary/aromatic N) is 1. The fraction of sp³-hybridized carbons (Fsp3) is 0.133. The van der Waals surface area contributed by atoms with E-state index in [1.807, 2.05) is 30.3 Å². The molecular weight excluding hydrogens is 352 g/mol. The van der Waals surface area contributed by atoms with Crippen LogP contribution in [0.25, 0.3) is 0 Å². The lowest BCUT2D eigenvalue weighted by Gasteiger charge is -2.12. The van der Waals surface area contributed by atoms with Gasteiger partial charge in [0.05, 0.1) is 4.92 Å². The van der Waals surface area contributed by atoms with Gasteiger partial charge in [0.15, 0.2) is 0 Å². The highest BCUT2D eigenvalue weighted by Gasteiger charge is 2.12. The highest BCUT2D eigenvalue weighted by atomic mass is 79.9. The van der Waals surface area contributed by atoms with Gasteiger partial charge < -0.3 is 10.1 Å². The topological polar surface area (TPSA) is 81.5 Å². The first-order valence-electron chi connectivity index (χ1n) is 6.42. The maximum atomic E-state index is 11.7. The summed E-state index contributed by atoms with van der Waals surface area (Å²) in [5, 5.41) is 13.2. The summed E-state index contributed by atoms with van der Waals surface area (Å²) >= 11 is 3.35. The van der Waals surface area contributed by atoms with Crippen LogP contribution in [0.4, 0.5) is 10.5 Å². The van der Waals surface area contributed by atoms with Crippen molar-refractivity contribution in [3.63, 3.8) is 0 Å². The molecule has 0 saturated heterocycles. The van der Waals surface area contributed by atoms with Crippen molar-refractivity contribution in [2.24, 2.45) is 0 Å². The summed E-state index contributed by atoms with van der Waals surface area (Å²) in [7, 11) is 0. The molecule has 2 rings (SSSR count). The number of amides is 1. The van der Waals surface area contributed by atoms with E-state index in [9.17, 15) is 14.9 Å². The summed E-state index contributed by atoms with van der Waals surface area (Å²) in [6.07, 6.45) is -0.580. The van der Waals surface area contributed by atoms with E-state index >= 15 is 0 Å². The Kier molecular flexibility index (Phi) is 5.48. The third-order valence-electron chi connectivity index (χ3n) is 2.85. The number of alkyl halides is 1. The van der Waals surface area contributed by atoms with Crippen LogP contribution in [0.5, 0.6) is 0 Å². The zero-order valence-corrected chi connectivity index (χ0v) is 13.0. The molecule has 0 radical (unpaired) electrons. The highest BCUT2D eigenvalue weighted by molar-refractivity contribution is 9.09. The molecule has 7 heteroatoms. The Hall–Kier alpha value is -2.41. The predicted octanol–water partition coefficient (Wildman–Crippen LogP) is 3.91. The SMILES string of the molecule is O=C(NC(Br)c1ccccc1)OCc1ccc([N+](=O)[O-])cc1. The summed E-state index contributed by atoms with van der Waals surface area (Å²) in [6.45, 7) is 0.0400. The van der Waals surface area contributed by atoms with Crippen LogP contribution < -0.4 is 5.32 Å². The van der Waals surface area contributed by atoms with Crippen molar-refractivity contribution in [1.29, 1.82) is 0 Å². The van der Waals surface area contributed by atoms with Crippen molar-refractivity contribution in [1.82, 2.24) is 5.32 Å². The third-order valence-corrected chi connectivity index (χ3v) is 3.61. The van der Waals surface area contributed by atoms with Crippen LogP contribution in [0.15, 0.2) is 54.6 Å². The highest BCUT2D eigenvalue weighted by Crippen LogP contribution is 2.19. The number of carbonyl (C=O) groups excluding carboxylic acids is 1. The number of nitro benzene ring substituents is 1. The van der Waals surface area contributed by atoms with Gasteiger partial charge in [0.2, 0.25) is 0 Å². The number of ether oxygens (including phenoxy) is 1. The van der Waals surface area contributed by atoms with E-state index in [0.717, 1.165) is 5.56 Å². The summed E-state index contributed by atoms with van der Waals surface area (Å²) in [6, 6.07) is 15.2. The van der Waals surface area contributed by atoms with Crippen molar-refractivity contribution in [2.75, 3.05) is 0 Å². The summed E-state index contributed by atoms with van der Waals surface area (Å²) in [5.74, 6) is 0. The molecular formula is C15H13BrN2O4. The van der Waals surface area contributed by atoms with Crippen molar-refractivity contribution in [3.8, 4) is 0 Å². The predicted molar refractivity (Wildman–Crippen MR) is 84.5 cm³/mol. The molecule has 0 aromatic heterocycles. The minimum Gasteiger partial charge on any atom is -0.445 e. The van der Waals surface area contributed by atoms with Crippen LogP contribution in [-0.2, 0) is 11.3 Å². The number of rotatable bonds is 5. The molecule has 0 aliphatic rings. The van der Waals surface area contributed by atoms with Gasteiger partial charge in [-0.2, -0.15) is 0 Å². The number of hydrogen-bond donors (Lipinski definition) is 1. The van der Waals surface area contributed by atoms with Gasteiger partial charge in [-0.05, 0) is 23.3 Å². The largest absolute Gasteiger partial charge is 0.445 e. The standard InChI is InChI=1S/C15H13BrN2O4/c16-14(12-4-2-1-3-5-12)17-15(19)22-10-11-6-8-13(9-7-11)18(20)21/h1-9,14H,10H2,(H,17,19). The van der Waals surface area contributed by atoms with Crippen molar-refractivity contribution < 1.29 is 14.5 Å². The minimum absolute atomic E-state index is 0.00204. The van der Waals surface area contributed by atoms with E-state index in [-0.39, 0.29) is 17.2 Å². The molecule has 0 spiro atoms. The number of alkyl carbamates (subject to hydrolysis) is 1. The number of non-ortho nitro benzene ring substituents is 1. The first-order valence-corrected chi connectivity index (χ1v) is 7.33. The van der Waals surface area contributed by atoms with Gasteiger partial charge in [0.1, 0.15) is 11.6 Å². The molecule has 1 atom stereocenters. The van der Waals surface area contributed by atoms with Gasteiger partial charge in [0, 0.05) is 12.1 Å². The normalized spacial score (nSPS) is 11.5. The maximum absolute atomic E-state index is 11.7. The summed E-state index contributed by atoms with van der Waals surface area (Å²) in [4.78, 5) is 21.4. The smallest absolute Gasteiger partial charge is 0.408 e. The summed E-state index contributed by atoms with van der Waals surface area (Å²) < 4.78 is 5.07. The molecule has 6 nitrogen and oxygen atoms in total. The number of benzene rings is 2. The molecule has 0 aliphatic carbocycles. The quantitative estimate of drug-likeness (QED) is 0.377. The van der Waals surface area contributed by atoms with Gasteiger partial charge in [-0.25, -0.2) is 4.79 Å². The molecule has 0 fully saturated rings. The Labute approximate surface area is 135 Å². The second-order valence-electron chi connectivity index (χ2n) is 4.42. The zero-order valence-electron chi connectivity index (χ0n) is 11.4. The van der Waals surface area contributed by atoms with Gasteiger partial charge in [0.25, 0.3) is 5.69 Å². The van der Waals surface area contributed by atoms with E-state index in [1.54, 1.807) is 12.1 Å². The van der Waals surface area contributed by atoms with E-state index in [0.29, 0.717) is 5.56 Å². The number of carbonyl (C=O) groups is 1. The molecule has 2 aromatic carbocycles. The average molecular weight is 365 g/mol. The second kappa shape index (κ2) is 7.56. The van der Waals surface area contributed by atoms with E-state index in [1.165, 1.54) is 12.1 Å². The molecule has 1 amide bonds. The lowest BCUT2D eigenvalue weighted by molar-refractivity contribution is -0.384. The van der Waals surface area contributed by atoms with Crippen LogP contribution >= 0.6 is 15.9 Å². The maximum Gasteiger partial charge on any atom is 0.408 e. The number of hydrogen-bond acceptors (Lipinski definition) is 4. The molecule has 114 valence electrons. The Morgan fingerprint density at radius 1 is 1.18 bits per heavy atom. The van der Waals surface area contributed by atoms with Gasteiger partial charge in [-0.15, -0.1) is 0 Å². The van der Waals surface area contributed by atoms with E-state index in [2.05, 4.69) is 21.2 Å². The van der Waals surface area contributed by atoms with E-state index < -0.39 is 11.0 Å². The molecule has 22 heavy (non-hydrogen) atoms. The molecule has 1 unspecified atom stereocenters. The van der Waals surface area contributed by atoms with Crippen molar-refractivity contribution in [2.45, 2.75) is 11.6 Å². The Bertz CT molecular complexity index is 646. The summed E-state index contributed by atoms with van der Waals surface area (Å²) in [5.41, 5.74) is 1.57. The average Bonchev–Trinajstić information content (AvgIpc) is 2.54. The number of nitrogens with one attached hydrogen (secondary N) is 1. The van der Waals surface area contributed by atoms with Gasteiger partial charge in [-0.3, -0.25) is 10.1 Å². The molecule has 0 saturated carbocycles. The Morgan fingerprint density at radius 2 is 1.82 bits per heavy atom. The van der Waals surface area contributed by atoms with Gasteiger partial charge in [-0.1, -0.05) is 46.3 Å². The first-order chi connectivity index (χ1) is 10.6. The molecule has 0 heterocycles. The fourth-order valence-corrected chi connectivity index (χ4v) is 2.21. The minimum atomic E-state index is -0.580. The molecule has 0 bridgehead atoms. The van der Waals surface area contributed by atoms with Crippen LogP contribution in [0.2, 0.25) is 0 Å². The lowest BCUT2D eigenvalue weighted by Crippen LogP contribution is -2.25. The van der Waals surface area contributed by atoms with Crippen LogP contribution in [0.3, 0.4) is 0 Å². The monoisotopic (exact) mass is 364 g/mol. The zero-order chi connectivity index (χ0) is 15.9. The Morgan fingerprint density at radius 3 is 2.41 bits per heavy atom. The van der Waals surface area contributed by atoms with Crippen LogP contribution in [0, 0.1) is 10.1 Å². The fourth-order valence-electron chi connectivity index (χ4n) is 1.71. The lowest BCUT2D eigenvalue weighted by atomic mass is 10.2. The van der Waals surface area contributed by atoms with Crippen molar-refractivity contribution >= 4 is 27.7 Å². The van der Waals surface area contributed by atoms with Crippen LogP contribution in [0.1, 0.15) is 16.1 Å². The molecule has 1 N–H and O–H groups in total. The van der Waals surface area contributed by atoms with Gasteiger partial charge >= 0.3 is 6.09 Å². The molecule has 2 aromatic rings. The third kappa shape index (κ3) is 4.56. The second-order valence-corrected chi connectivity index (χ2v) is 5.33. The Balaban J connectivity index is 1.83. The molecule has 0 aliphatic heterocycles.